The topological polar surface area (TPSA) is 61.9 Å². The van der Waals surface area contributed by atoms with E-state index in [0.717, 1.165) is 52.0 Å². The highest BCUT2D eigenvalue weighted by molar-refractivity contribution is 5.78. The van der Waals surface area contributed by atoms with Gasteiger partial charge in [-0.15, -0.1) is 6.58 Å². The number of nitrogens with one attached hydrogen (secondary N) is 1. The van der Waals surface area contributed by atoms with Gasteiger partial charge in [-0.05, 0) is 24.7 Å². The molecule has 0 bridgehead atoms. The maximum Gasteiger partial charge on any atom is 0.224 e. The maximum atomic E-state index is 12.5. The summed E-state index contributed by atoms with van der Waals surface area (Å²) in [5.41, 5.74) is 0.194. The normalized spacial score (nSPS) is 27.3. The first kappa shape index (κ1) is 17.4. The molecular weight excluding hydrogens is 306 g/mol. The number of carbonyl (C=O) groups is 2. The Labute approximate surface area is 144 Å². The van der Waals surface area contributed by atoms with Gasteiger partial charge in [0.25, 0.3) is 0 Å². The number of rotatable bonds is 4. The predicted molar refractivity (Wildman–Crippen MR) is 91.5 cm³/mol. The van der Waals surface area contributed by atoms with E-state index in [1.807, 2.05) is 9.80 Å². The fourth-order valence-electron chi connectivity index (χ4n) is 4.15. The zero-order valence-electron chi connectivity index (χ0n) is 14.5. The molecule has 1 spiro atoms. The first-order valence-electron chi connectivity index (χ1n) is 9.09. The van der Waals surface area contributed by atoms with Crippen LogP contribution in [0.15, 0.2) is 12.7 Å². The van der Waals surface area contributed by atoms with E-state index < -0.39 is 0 Å². The van der Waals surface area contributed by atoms with Gasteiger partial charge < -0.3 is 19.9 Å². The van der Waals surface area contributed by atoms with Crippen molar-refractivity contribution in [1.82, 2.24) is 15.1 Å². The van der Waals surface area contributed by atoms with Crippen LogP contribution in [0.5, 0.6) is 0 Å². The van der Waals surface area contributed by atoms with Crippen molar-refractivity contribution in [2.45, 2.75) is 38.1 Å². The number of hydrogen-bond donors (Lipinski definition) is 1. The number of likely N-dealkylation sites (tertiary alicyclic amines) is 2. The summed E-state index contributed by atoms with van der Waals surface area (Å²) in [6.07, 6.45) is 5.90. The highest BCUT2D eigenvalue weighted by Crippen LogP contribution is 2.40. The average Bonchev–Trinajstić information content (AvgIpc) is 2.60. The molecule has 6 heteroatoms. The average molecular weight is 335 g/mol. The van der Waals surface area contributed by atoms with Crippen molar-refractivity contribution in [3.8, 4) is 0 Å². The molecule has 0 aromatic carbocycles. The quantitative estimate of drug-likeness (QED) is 0.772. The second-order valence-corrected chi connectivity index (χ2v) is 7.37. The minimum Gasteiger partial charge on any atom is -0.378 e. The Bertz CT molecular complexity index is 480. The van der Waals surface area contributed by atoms with Gasteiger partial charge in [0.05, 0.1) is 13.2 Å². The van der Waals surface area contributed by atoms with Crippen LogP contribution < -0.4 is 5.32 Å². The lowest BCUT2D eigenvalue weighted by Gasteiger charge is -2.47. The number of carbonyl (C=O) groups excluding carboxylic acids is 2. The van der Waals surface area contributed by atoms with Crippen LogP contribution in [-0.4, -0.2) is 73.6 Å². The van der Waals surface area contributed by atoms with Gasteiger partial charge in [-0.2, -0.15) is 0 Å². The first-order chi connectivity index (χ1) is 11.6. The van der Waals surface area contributed by atoms with Crippen LogP contribution >= 0.6 is 0 Å². The minimum atomic E-state index is 0.150. The Balaban J connectivity index is 1.50. The van der Waals surface area contributed by atoms with Crippen LogP contribution in [0.1, 0.15) is 32.1 Å². The minimum absolute atomic E-state index is 0.150. The van der Waals surface area contributed by atoms with Crippen molar-refractivity contribution < 1.29 is 14.3 Å². The van der Waals surface area contributed by atoms with E-state index in [0.29, 0.717) is 26.0 Å². The molecule has 0 radical (unpaired) electrons. The standard InChI is InChI=1S/C18H29N3O3/c1-2-8-21-14-18(4-3-16(21)22)5-9-20(10-6-18)17(23)12-15-13-24-11-7-19-15/h2,15,19H,1,3-14H2/t15-/m0/s1. The molecule has 1 atom stereocenters. The van der Waals surface area contributed by atoms with Crippen LogP contribution in [0.4, 0.5) is 0 Å². The first-order valence-corrected chi connectivity index (χ1v) is 9.09. The summed E-state index contributed by atoms with van der Waals surface area (Å²) in [6.45, 7) is 9.01. The molecule has 3 heterocycles. The Hall–Kier alpha value is -1.40. The van der Waals surface area contributed by atoms with Gasteiger partial charge in [0, 0.05) is 51.6 Å². The SMILES string of the molecule is C=CCN1CC2(CCC1=O)CCN(C(=O)C[C@H]1COCCN1)CC2. The second-order valence-electron chi connectivity index (χ2n) is 7.37. The van der Waals surface area contributed by atoms with Crippen molar-refractivity contribution in [2.24, 2.45) is 5.41 Å². The molecule has 1 N–H and O–H groups in total. The van der Waals surface area contributed by atoms with Crippen molar-refractivity contribution in [3.63, 3.8) is 0 Å². The number of piperidine rings is 2. The Kier molecular flexibility index (Phi) is 5.56. The summed E-state index contributed by atoms with van der Waals surface area (Å²) in [4.78, 5) is 28.4. The van der Waals surface area contributed by atoms with Crippen LogP contribution in [0.25, 0.3) is 0 Å². The molecule has 0 aromatic rings. The largest absolute Gasteiger partial charge is 0.378 e. The molecule has 0 saturated carbocycles. The van der Waals surface area contributed by atoms with Gasteiger partial charge in [-0.1, -0.05) is 6.08 Å². The molecule has 3 saturated heterocycles. The third kappa shape index (κ3) is 3.98. The van der Waals surface area contributed by atoms with E-state index in [-0.39, 0.29) is 23.3 Å². The zero-order valence-corrected chi connectivity index (χ0v) is 14.5. The number of hydrogen-bond acceptors (Lipinski definition) is 4. The number of morpholine rings is 1. The summed E-state index contributed by atoms with van der Waals surface area (Å²) in [5.74, 6) is 0.463. The Morgan fingerprint density at radius 3 is 2.83 bits per heavy atom. The lowest BCUT2D eigenvalue weighted by atomic mass is 9.72. The summed E-state index contributed by atoms with van der Waals surface area (Å²) in [6, 6.07) is 0.150. The van der Waals surface area contributed by atoms with E-state index in [4.69, 9.17) is 4.74 Å². The van der Waals surface area contributed by atoms with Gasteiger partial charge in [-0.25, -0.2) is 0 Å². The van der Waals surface area contributed by atoms with Gasteiger partial charge in [0.15, 0.2) is 0 Å². The van der Waals surface area contributed by atoms with Crippen LogP contribution in [-0.2, 0) is 14.3 Å². The molecule has 0 unspecified atom stereocenters. The highest BCUT2D eigenvalue weighted by atomic mass is 16.5. The summed E-state index contributed by atoms with van der Waals surface area (Å²) < 4.78 is 5.43. The summed E-state index contributed by atoms with van der Waals surface area (Å²) in [7, 11) is 0. The Morgan fingerprint density at radius 1 is 1.38 bits per heavy atom. The summed E-state index contributed by atoms with van der Waals surface area (Å²) >= 11 is 0. The van der Waals surface area contributed by atoms with Crippen LogP contribution in [0.2, 0.25) is 0 Å². The highest BCUT2D eigenvalue weighted by Gasteiger charge is 2.41. The monoisotopic (exact) mass is 335 g/mol. The van der Waals surface area contributed by atoms with Crippen molar-refractivity contribution in [2.75, 3.05) is 45.9 Å². The van der Waals surface area contributed by atoms with E-state index in [1.165, 1.54) is 0 Å². The van der Waals surface area contributed by atoms with E-state index in [1.54, 1.807) is 6.08 Å². The van der Waals surface area contributed by atoms with Gasteiger partial charge >= 0.3 is 0 Å². The molecule has 3 rings (SSSR count). The Morgan fingerprint density at radius 2 is 2.17 bits per heavy atom. The molecule has 3 fully saturated rings. The molecular formula is C18H29N3O3. The molecule has 0 aliphatic carbocycles. The maximum absolute atomic E-state index is 12.5. The number of ether oxygens (including phenoxy) is 1. The van der Waals surface area contributed by atoms with Crippen LogP contribution in [0.3, 0.4) is 0 Å². The fraction of sp³-hybridized carbons (Fsp3) is 0.778. The molecule has 134 valence electrons. The van der Waals surface area contributed by atoms with E-state index in [2.05, 4.69) is 11.9 Å². The van der Waals surface area contributed by atoms with Gasteiger partial charge in [0.1, 0.15) is 0 Å². The molecule has 24 heavy (non-hydrogen) atoms. The molecule has 6 nitrogen and oxygen atoms in total. The fourth-order valence-corrected chi connectivity index (χ4v) is 4.15. The smallest absolute Gasteiger partial charge is 0.224 e. The number of nitrogens with zero attached hydrogens (tertiary/aromatic N) is 2. The van der Waals surface area contributed by atoms with E-state index in [9.17, 15) is 9.59 Å². The van der Waals surface area contributed by atoms with Crippen molar-refractivity contribution in [3.05, 3.63) is 12.7 Å². The molecule has 2 amide bonds. The third-order valence-corrected chi connectivity index (χ3v) is 5.69. The lowest BCUT2D eigenvalue weighted by Crippen LogP contribution is -2.53. The van der Waals surface area contributed by atoms with Gasteiger partial charge in [0.2, 0.25) is 11.8 Å². The molecule has 0 aromatic heterocycles. The van der Waals surface area contributed by atoms with E-state index >= 15 is 0 Å². The van der Waals surface area contributed by atoms with Crippen molar-refractivity contribution in [1.29, 1.82) is 0 Å². The molecule has 3 aliphatic rings. The van der Waals surface area contributed by atoms with Gasteiger partial charge in [-0.3, -0.25) is 9.59 Å². The summed E-state index contributed by atoms with van der Waals surface area (Å²) in [5, 5.41) is 3.34. The van der Waals surface area contributed by atoms with Crippen molar-refractivity contribution >= 4 is 11.8 Å². The number of amides is 2. The molecule has 3 aliphatic heterocycles. The predicted octanol–water partition coefficient (Wildman–Crippen LogP) is 0.782. The lowest BCUT2D eigenvalue weighted by molar-refractivity contribution is -0.142. The third-order valence-electron chi connectivity index (χ3n) is 5.69. The zero-order chi connectivity index (χ0) is 17.0. The van der Waals surface area contributed by atoms with Crippen LogP contribution in [0, 0.1) is 5.41 Å². The second kappa shape index (κ2) is 7.66.